The normalized spacial score (nSPS) is 10.9. The fourth-order valence-corrected chi connectivity index (χ4v) is 2.42. The first-order valence-corrected chi connectivity index (χ1v) is 7.28. The molecule has 1 amide bonds. The summed E-state index contributed by atoms with van der Waals surface area (Å²) in [5, 5.41) is 17.9. The lowest BCUT2D eigenvalue weighted by molar-refractivity contribution is -0.118. The third-order valence-electron chi connectivity index (χ3n) is 2.58. The summed E-state index contributed by atoms with van der Waals surface area (Å²) in [4.78, 5) is 15.7. The van der Waals surface area contributed by atoms with Crippen LogP contribution in [0.1, 0.15) is 25.7 Å². The van der Waals surface area contributed by atoms with Crippen LogP contribution < -0.4 is 5.32 Å². The van der Waals surface area contributed by atoms with Crippen LogP contribution in [0.15, 0.2) is 17.8 Å². The van der Waals surface area contributed by atoms with Gasteiger partial charge in [0.25, 0.3) is 0 Å². The summed E-state index contributed by atoms with van der Waals surface area (Å²) >= 11 is 1.38. The molecule has 2 N–H and O–H groups in total. The van der Waals surface area contributed by atoms with E-state index >= 15 is 0 Å². The van der Waals surface area contributed by atoms with Crippen LogP contribution >= 0.6 is 11.8 Å². The van der Waals surface area contributed by atoms with Gasteiger partial charge < -0.3 is 9.88 Å². The van der Waals surface area contributed by atoms with Gasteiger partial charge in [0.15, 0.2) is 5.16 Å². The number of hydrogen-bond acceptors (Lipinski definition) is 6. The highest BCUT2D eigenvalue weighted by Crippen LogP contribution is 2.18. The molecule has 0 spiro atoms. The van der Waals surface area contributed by atoms with E-state index in [9.17, 15) is 4.79 Å². The third-order valence-corrected chi connectivity index (χ3v) is 3.53. The van der Waals surface area contributed by atoms with Crippen molar-refractivity contribution in [2.45, 2.75) is 31.5 Å². The fraction of sp³-hybridized carbons (Fsp3) is 0.545. The zero-order valence-corrected chi connectivity index (χ0v) is 12.2. The standard InChI is InChI=1S/C11H17N7OS/c1-8(2)18-7-15-17-11(18)20-5-10(19)12-4-3-9-13-6-14-16-9/h6-8H,3-5H2,1-2H3,(H,12,19)(H,13,14,16). The van der Waals surface area contributed by atoms with Crippen LogP contribution in [0.5, 0.6) is 0 Å². The molecule has 0 atom stereocenters. The van der Waals surface area contributed by atoms with Gasteiger partial charge in [-0.25, -0.2) is 4.98 Å². The SMILES string of the molecule is CC(C)n1cnnc1SCC(=O)NCCc1ncn[nH]1. The number of aromatic nitrogens is 6. The maximum Gasteiger partial charge on any atom is 0.230 e. The number of H-pyrrole nitrogens is 1. The molecule has 20 heavy (non-hydrogen) atoms. The van der Waals surface area contributed by atoms with Crippen LogP contribution in [0.3, 0.4) is 0 Å². The molecule has 0 radical (unpaired) electrons. The topological polar surface area (TPSA) is 101 Å². The van der Waals surface area contributed by atoms with E-state index in [2.05, 4.69) is 30.7 Å². The Morgan fingerprint density at radius 1 is 1.55 bits per heavy atom. The lowest BCUT2D eigenvalue weighted by Crippen LogP contribution is -2.27. The molecular weight excluding hydrogens is 278 g/mol. The van der Waals surface area contributed by atoms with E-state index in [1.165, 1.54) is 18.1 Å². The second-order valence-electron chi connectivity index (χ2n) is 4.44. The molecule has 2 aromatic rings. The lowest BCUT2D eigenvalue weighted by atomic mass is 10.4. The van der Waals surface area contributed by atoms with Crippen molar-refractivity contribution in [1.29, 1.82) is 0 Å². The van der Waals surface area contributed by atoms with Gasteiger partial charge in [-0.05, 0) is 13.8 Å². The summed E-state index contributed by atoms with van der Waals surface area (Å²) in [5.41, 5.74) is 0. The van der Waals surface area contributed by atoms with Crippen LogP contribution in [-0.4, -0.2) is 48.2 Å². The van der Waals surface area contributed by atoms with E-state index in [0.717, 1.165) is 11.0 Å². The molecule has 2 heterocycles. The van der Waals surface area contributed by atoms with Gasteiger partial charge in [-0.15, -0.1) is 10.2 Å². The highest BCUT2D eigenvalue weighted by atomic mass is 32.2. The van der Waals surface area contributed by atoms with Gasteiger partial charge in [-0.2, -0.15) is 5.10 Å². The molecule has 0 unspecified atom stereocenters. The van der Waals surface area contributed by atoms with Crippen LogP contribution in [0.25, 0.3) is 0 Å². The number of nitrogens with zero attached hydrogens (tertiary/aromatic N) is 5. The maximum absolute atomic E-state index is 11.7. The molecule has 8 nitrogen and oxygen atoms in total. The quantitative estimate of drug-likeness (QED) is 0.718. The number of thioether (sulfide) groups is 1. The molecular formula is C11H17N7OS. The van der Waals surface area contributed by atoms with Gasteiger partial charge in [0.05, 0.1) is 5.75 Å². The molecule has 0 saturated carbocycles. The van der Waals surface area contributed by atoms with E-state index in [1.54, 1.807) is 6.33 Å². The zero-order valence-electron chi connectivity index (χ0n) is 11.4. The fourth-order valence-electron chi connectivity index (χ4n) is 1.54. The Morgan fingerprint density at radius 2 is 2.40 bits per heavy atom. The van der Waals surface area contributed by atoms with E-state index < -0.39 is 0 Å². The van der Waals surface area contributed by atoms with Gasteiger partial charge >= 0.3 is 0 Å². The number of amides is 1. The third kappa shape index (κ3) is 4.05. The second kappa shape index (κ2) is 7.04. The predicted octanol–water partition coefficient (Wildman–Crippen LogP) is 0.428. The molecule has 0 bridgehead atoms. The molecule has 9 heteroatoms. The Balaban J connectivity index is 1.71. The number of aromatic amines is 1. The first-order valence-electron chi connectivity index (χ1n) is 6.30. The molecule has 0 aliphatic carbocycles. The van der Waals surface area contributed by atoms with Crippen molar-refractivity contribution >= 4 is 17.7 Å². The molecule has 0 aliphatic heterocycles. The first kappa shape index (κ1) is 14.5. The van der Waals surface area contributed by atoms with Crippen molar-refractivity contribution < 1.29 is 4.79 Å². The Labute approximate surface area is 120 Å². The average Bonchev–Trinajstić information content (AvgIpc) is 3.07. The Hall–Kier alpha value is -1.90. The van der Waals surface area contributed by atoms with E-state index in [-0.39, 0.29) is 11.9 Å². The number of rotatable bonds is 7. The van der Waals surface area contributed by atoms with E-state index in [1.807, 2.05) is 18.4 Å². The van der Waals surface area contributed by atoms with Crippen LogP contribution in [-0.2, 0) is 11.2 Å². The second-order valence-corrected chi connectivity index (χ2v) is 5.38. The summed E-state index contributed by atoms with van der Waals surface area (Å²) in [7, 11) is 0. The monoisotopic (exact) mass is 295 g/mol. The van der Waals surface area contributed by atoms with Crippen molar-refractivity contribution in [2.75, 3.05) is 12.3 Å². The molecule has 0 aromatic carbocycles. The van der Waals surface area contributed by atoms with E-state index in [4.69, 9.17) is 0 Å². The average molecular weight is 295 g/mol. The van der Waals surface area contributed by atoms with Crippen LogP contribution in [0.2, 0.25) is 0 Å². The minimum absolute atomic E-state index is 0.0344. The number of hydrogen-bond donors (Lipinski definition) is 2. The number of carbonyl (C=O) groups excluding carboxylic acids is 1. The van der Waals surface area contributed by atoms with E-state index in [0.29, 0.717) is 18.7 Å². The summed E-state index contributed by atoms with van der Waals surface area (Å²) in [5.74, 6) is 1.05. The van der Waals surface area contributed by atoms with Gasteiger partial charge in [0.2, 0.25) is 5.91 Å². The molecule has 0 aliphatic rings. The van der Waals surface area contributed by atoms with Crippen LogP contribution in [0.4, 0.5) is 0 Å². The number of carbonyl (C=O) groups is 1. The van der Waals surface area contributed by atoms with Gasteiger partial charge in [-0.1, -0.05) is 11.8 Å². The highest BCUT2D eigenvalue weighted by molar-refractivity contribution is 7.99. The van der Waals surface area contributed by atoms with Crippen molar-refractivity contribution in [1.82, 2.24) is 35.3 Å². The summed E-state index contributed by atoms with van der Waals surface area (Å²) < 4.78 is 1.94. The van der Waals surface area contributed by atoms with Gasteiger partial charge in [0, 0.05) is 19.0 Å². The van der Waals surface area contributed by atoms with Crippen molar-refractivity contribution in [3.8, 4) is 0 Å². The Bertz CT molecular complexity index is 537. The zero-order chi connectivity index (χ0) is 14.4. The Kier molecular flexibility index (Phi) is 5.10. The summed E-state index contributed by atoms with van der Waals surface area (Å²) in [6.45, 7) is 4.63. The molecule has 2 aromatic heterocycles. The first-order chi connectivity index (χ1) is 9.66. The highest BCUT2D eigenvalue weighted by Gasteiger charge is 2.10. The number of nitrogens with one attached hydrogen (secondary N) is 2. The smallest absolute Gasteiger partial charge is 0.230 e. The minimum atomic E-state index is -0.0344. The lowest BCUT2D eigenvalue weighted by Gasteiger charge is -2.09. The molecule has 2 rings (SSSR count). The largest absolute Gasteiger partial charge is 0.355 e. The molecule has 0 saturated heterocycles. The predicted molar refractivity (Wildman–Crippen MR) is 74.2 cm³/mol. The van der Waals surface area contributed by atoms with Crippen molar-refractivity contribution in [2.24, 2.45) is 0 Å². The van der Waals surface area contributed by atoms with Gasteiger partial charge in [-0.3, -0.25) is 9.89 Å². The molecule has 0 fully saturated rings. The summed E-state index contributed by atoms with van der Waals surface area (Å²) in [6.07, 6.45) is 3.76. The maximum atomic E-state index is 11.7. The van der Waals surface area contributed by atoms with Gasteiger partial charge in [0.1, 0.15) is 18.5 Å². The van der Waals surface area contributed by atoms with Crippen LogP contribution in [0, 0.1) is 0 Å². The molecule has 108 valence electrons. The van der Waals surface area contributed by atoms with Crippen molar-refractivity contribution in [3.63, 3.8) is 0 Å². The van der Waals surface area contributed by atoms with Crippen molar-refractivity contribution in [3.05, 3.63) is 18.5 Å². The minimum Gasteiger partial charge on any atom is -0.355 e. The summed E-state index contributed by atoms with van der Waals surface area (Å²) in [6, 6.07) is 0.280. The Morgan fingerprint density at radius 3 is 3.10 bits per heavy atom.